The molecule has 0 aliphatic rings. The normalized spacial score (nSPS) is 10.2. The van der Waals surface area contributed by atoms with Gasteiger partial charge in [-0.3, -0.25) is 14.4 Å². The molecule has 0 radical (unpaired) electrons. The number of hydrogen-bond acceptors (Lipinski definition) is 9. The fourth-order valence-electron chi connectivity index (χ4n) is 2.24. The molecular formula is C18H22N4O6S. The molecule has 0 aliphatic carbocycles. The van der Waals surface area contributed by atoms with Gasteiger partial charge >= 0.3 is 5.97 Å². The molecule has 10 nitrogen and oxygen atoms in total. The molecule has 0 spiro atoms. The highest BCUT2D eigenvalue weighted by molar-refractivity contribution is 7.15. The summed E-state index contributed by atoms with van der Waals surface area (Å²) in [6, 6.07) is 4.93. The maximum Gasteiger partial charge on any atom is 0.306 e. The quantitative estimate of drug-likeness (QED) is 0.557. The molecule has 2 N–H and O–H groups in total. The Morgan fingerprint density at radius 2 is 1.83 bits per heavy atom. The number of ether oxygens (including phenoxy) is 3. The van der Waals surface area contributed by atoms with Gasteiger partial charge < -0.3 is 24.8 Å². The van der Waals surface area contributed by atoms with Crippen molar-refractivity contribution in [3.63, 3.8) is 0 Å². The number of aryl methyl sites for hydroxylation is 1. The van der Waals surface area contributed by atoms with Crippen LogP contribution >= 0.6 is 11.3 Å². The number of nitrogens with one attached hydrogen (secondary N) is 2. The van der Waals surface area contributed by atoms with Gasteiger partial charge in [0.2, 0.25) is 11.0 Å². The number of carbonyl (C=O) groups is 3. The Morgan fingerprint density at radius 3 is 2.48 bits per heavy atom. The van der Waals surface area contributed by atoms with Crippen molar-refractivity contribution in [1.29, 1.82) is 0 Å². The molecule has 2 rings (SSSR count). The van der Waals surface area contributed by atoms with E-state index < -0.39 is 18.5 Å². The molecule has 0 fully saturated rings. The topological polar surface area (TPSA) is 129 Å². The molecule has 0 saturated heterocycles. The fourth-order valence-corrected chi connectivity index (χ4v) is 2.85. The lowest BCUT2D eigenvalue weighted by Crippen LogP contribution is -2.21. The Labute approximate surface area is 171 Å². The smallest absolute Gasteiger partial charge is 0.306 e. The van der Waals surface area contributed by atoms with Crippen molar-refractivity contribution >= 4 is 39.9 Å². The minimum Gasteiger partial charge on any atom is -0.497 e. The van der Waals surface area contributed by atoms with Gasteiger partial charge in [-0.1, -0.05) is 11.3 Å². The number of anilines is 2. The number of amides is 2. The van der Waals surface area contributed by atoms with Gasteiger partial charge in [0.25, 0.3) is 5.91 Å². The molecule has 156 valence electrons. The highest BCUT2D eigenvalue weighted by Crippen LogP contribution is 2.28. The van der Waals surface area contributed by atoms with E-state index in [4.69, 9.17) is 14.2 Å². The van der Waals surface area contributed by atoms with E-state index in [9.17, 15) is 14.4 Å². The number of hydrogen-bond donors (Lipinski definition) is 2. The van der Waals surface area contributed by atoms with E-state index in [1.54, 1.807) is 25.1 Å². The van der Waals surface area contributed by atoms with Gasteiger partial charge in [0.05, 0.1) is 19.9 Å². The first-order valence-corrected chi connectivity index (χ1v) is 9.50. The van der Waals surface area contributed by atoms with Crippen LogP contribution in [-0.2, 0) is 19.1 Å². The van der Waals surface area contributed by atoms with Gasteiger partial charge in [0.15, 0.2) is 6.61 Å². The predicted molar refractivity (Wildman–Crippen MR) is 106 cm³/mol. The third kappa shape index (κ3) is 7.37. The Balaban J connectivity index is 1.69. The lowest BCUT2D eigenvalue weighted by atomic mass is 10.2. The van der Waals surface area contributed by atoms with Crippen LogP contribution in [0.3, 0.4) is 0 Å². The van der Waals surface area contributed by atoms with E-state index in [1.165, 1.54) is 25.6 Å². The molecule has 0 saturated carbocycles. The van der Waals surface area contributed by atoms with Gasteiger partial charge in [-0.05, 0) is 25.5 Å². The number of esters is 1. The number of rotatable bonds is 10. The van der Waals surface area contributed by atoms with E-state index in [1.807, 2.05) is 0 Å². The second kappa shape index (κ2) is 11.0. The molecule has 1 heterocycles. The van der Waals surface area contributed by atoms with Crippen molar-refractivity contribution in [3.05, 3.63) is 23.2 Å². The predicted octanol–water partition coefficient (Wildman–Crippen LogP) is 2.15. The zero-order valence-electron chi connectivity index (χ0n) is 16.3. The first-order chi connectivity index (χ1) is 13.9. The first-order valence-electron chi connectivity index (χ1n) is 8.68. The molecule has 1 aromatic carbocycles. The molecule has 0 unspecified atom stereocenters. The molecule has 2 amide bonds. The second-order valence-corrected chi connectivity index (χ2v) is 6.98. The van der Waals surface area contributed by atoms with Crippen LogP contribution in [0, 0.1) is 6.92 Å². The van der Waals surface area contributed by atoms with Crippen LogP contribution in [0.2, 0.25) is 0 Å². The summed E-state index contributed by atoms with van der Waals surface area (Å²) in [5, 5.41) is 13.9. The lowest BCUT2D eigenvalue weighted by Gasteiger charge is -2.12. The first kappa shape index (κ1) is 22.1. The third-order valence-corrected chi connectivity index (χ3v) is 4.36. The van der Waals surface area contributed by atoms with Crippen LogP contribution in [-0.4, -0.2) is 48.8 Å². The van der Waals surface area contributed by atoms with Crippen molar-refractivity contribution in [2.24, 2.45) is 0 Å². The summed E-state index contributed by atoms with van der Waals surface area (Å²) < 4.78 is 15.2. The Hall–Kier alpha value is -3.21. The maximum atomic E-state index is 12.0. The van der Waals surface area contributed by atoms with Crippen LogP contribution in [0.15, 0.2) is 18.2 Å². The SMILES string of the molecule is COc1ccc(OC)c(NC(=O)COC(=O)CCCC(=O)Nc2nnc(C)s2)c1. The average molecular weight is 422 g/mol. The molecule has 0 bridgehead atoms. The van der Waals surface area contributed by atoms with E-state index in [2.05, 4.69) is 20.8 Å². The van der Waals surface area contributed by atoms with Crippen molar-refractivity contribution < 1.29 is 28.6 Å². The minimum atomic E-state index is -0.572. The Kier molecular flexibility index (Phi) is 8.34. The van der Waals surface area contributed by atoms with Gasteiger partial charge in [0, 0.05) is 18.9 Å². The number of aromatic nitrogens is 2. The van der Waals surface area contributed by atoms with E-state index in [0.717, 1.165) is 5.01 Å². The highest BCUT2D eigenvalue weighted by atomic mass is 32.1. The summed E-state index contributed by atoms with van der Waals surface area (Å²) in [7, 11) is 2.98. The van der Waals surface area contributed by atoms with Crippen LogP contribution in [0.25, 0.3) is 0 Å². The lowest BCUT2D eigenvalue weighted by molar-refractivity contribution is -0.147. The summed E-state index contributed by atoms with van der Waals surface area (Å²) in [5.41, 5.74) is 0.400. The van der Waals surface area contributed by atoms with Crippen LogP contribution in [0.5, 0.6) is 11.5 Å². The molecule has 1 aromatic heterocycles. The minimum absolute atomic E-state index is 0.0122. The van der Waals surface area contributed by atoms with Crippen molar-refractivity contribution in [2.75, 3.05) is 31.5 Å². The molecule has 2 aromatic rings. The van der Waals surface area contributed by atoms with Crippen LogP contribution < -0.4 is 20.1 Å². The highest BCUT2D eigenvalue weighted by Gasteiger charge is 2.13. The number of methoxy groups -OCH3 is 2. The number of benzene rings is 1. The summed E-state index contributed by atoms with van der Waals surface area (Å²) in [6.07, 6.45) is 0.424. The fraction of sp³-hybridized carbons (Fsp3) is 0.389. The van der Waals surface area contributed by atoms with E-state index >= 15 is 0 Å². The molecular weight excluding hydrogens is 400 g/mol. The number of carbonyl (C=O) groups excluding carboxylic acids is 3. The molecule has 11 heteroatoms. The largest absolute Gasteiger partial charge is 0.497 e. The zero-order chi connectivity index (χ0) is 21.2. The van der Waals surface area contributed by atoms with Gasteiger partial charge in [-0.15, -0.1) is 10.2 Å². The molecule has 29 heavy (non-hydrogen) atoms. The van der Waals surface area contributed by atoms with E-state index in [0.29, 0.717) is 22.3 Å². The van der Waals surface area contributed by atoms with Crippen LogP contribution in [0.4, 0.5) is 10.8 Å². The van der Waals surface area contributed by atoms with Crippen molar-refractivity contribution in [1.82, 2.24) is 10.2 Å². The summed E-state index contributed by atoms with van der Waals surface area (Å²) >= 11 is 1.27. The zero-order valence-corrected chi connectivity index (χ0v) is 17.1. The van der Waals surface area contributed by atoms with Crippen molar-refractivity contribution in [3.8, 4) is 11.5 Å². The van der Waals surface area contributed by atoms with Crippen LogP contribution in [0.1, 0.15) is 24.3 Å². The van der Waals surface area contributed by atoms with Gasteiger partial charge in [-0.25, -0.2) is 0 Å². The average Bonchev–Trinajstić information content (AvgIpc) is 3.10. The standard InChI is InChI=1S/C18H22N4O6S/c1-11-21-22-18(29-11)20-15(23)5-4-6-17(25)28-10-16(24)19-13-9-12(26-2)7-8-14(13)27-3/h7-9H,4-6,10H2,1-3H3,(H,19,24)(H,20,22,23). The Morgan fingerprint density at radius 1 is 1.03 bits per heavy atom. The molecule has 0 atom stereocenters. The van der Waals surface area contributed by atoms with Gasteiger partial charge in [0.1, 0.15) is 16.5 Å². The van der Waals surface area contributed by atoms with Gasteiger partial charge in [-0.2, -0.15) is 0 Å². The number of nitrogens with zero attached hydrogens (tertiary/aromatic N) is 2. The summed E-state index contributed by atoms with van der Waals surface area (Å²) in [5.74, 6) is -0.370. The summed E-state index contributed by atoms with van der Waals surface area (Å²) in [6.45, 7) is 1.33. The van der Waals surface area contributed by atoms with E-state index in [-0.39, 0.29) is 25.2 Å². The third-order valence-electron chi connectivity index (χ3n) is 3.60. The second-order valence-electron chi connectivity index (χ2n) is 5.80. The Bertz CT molecular complexity index is 870. The van der Waals surface area contributed by atoms with Crippen molar-refractivity contribution in [2.45, 2.75) is 26.2 Å². The molecule has 0 aliphatic heterocycles. The summed E-state index contributed by atoms with van der Waals surface area (Å²) in [4.78, 5) is 35.6. The maximum absolute atomic E-state index is 12.0. The monoisotopic (exact) mass is 422 g/mol.